The zero-order valence-corrected chi connectivity index (χ0v) is 13.0. The molecule has 8 heteroatoms. The fourth-order valence-corrected chi connectivity index (χ4v) is 2.53. The van der Waals surface area contributed by atoms with Crippen molar-refractivity contribution >= 4 is 11.9 Å². The van der Waals surface area contributed by atoms with Crippen molar-refractivity contribution in [3.8, 4) is 0 Å². The van der Waals surface area contributed by atoms with E-state index >= 15 is 0 Å². The van der Waals surface area contributed by atoms with Crippen LogP contribution in [0.15, 0.2) is 24.3 Å². The highest BCUT2D eigenvalue weighted by molar-refractivity contribution is 5.97. The molecule has 24 heavy (non-hydrogen) atoms. The van der Waals surface area contributed by atoms with Crippen LogP contribution in [0.3, 0.4) is 0 Å². The van der Waals surface area contributed by atoms with Gasteiger partial charge < -0.3 is 10.4 Å². The summed E-state index contributed by atoms with van der Waals surface area (Å²) in [7, 11) is 0. The first kappa shape index (κ1) is 18.3. The molecular formula is C16H19F3N2O3. The molecule has 1 aliphatic heterocycles. The number of halogens is 3. The van der Waals surface area contributed by atoms with Crippen molar-refractivity contribution in [2.24, 2.45) is 0 Å². The minimum absolute atomic E-state index is 0.0706. The molecule has 1 aromatic rings. The van der Waals surface area contributed by atoms with Gasteiger partial charge >= 0.3 is 12.2 Å². The van der Waals surface area contributed by atoms with Crippen molar-refractivity contribution in [1.82, 2.24) is 10.2 Å². The van der Waals surface area contributed by atoms with Crippen molar-refractivity contribution in [3.63, 3.8) is 0 Å². The number of rotatable bonds is 6. The van der Waals surface area contributed by atoms with Gasteiger partial charge in [0, 0.05) is 13.0 Å². The fraction of sp³-hybridized carbons (Fsp3) is 0.500. The number of unbranched alkanes of at least 4 members (excludes halogenated alkanes) is 1. The number of imide groups is 1. The number of hydrogen-bond acceptors (Lipinski definition) is 3. The standard InChI is InChI=1S/C16H19F3N2O3/c17-16(18,19)12-6-4-11(5-7-12)3-1-2-8-21-14(23)9-13(10-22)20-15(21)24/h4-7,13,22H,1-3,8-10H2,(H,20,24). The molecule has 5 nitrogen and oxygen atoms in total. The number of benzene rings is 1. The maximum absolute atomic E-state index is 12.5. The Morgan fingerprint density at radius 1 is 1.17 bits per heavy atom. The van der Waals surface area contributed by atoms with E-state index in [9.17, 15) is 22.8 Å². The van der Waals surface area contributed by atoms with E-state index in [4.69, 9.17) is 5.11 Å². The lowest BCUT2D eigenvalue weighted by Crippen LogP contribution is -2.55. The number of hydrogen-bond donors (Lipinski definition) is 2. The molecule has 0 saturated carbocycles. The van der Waals surface area contributed by atoms with Crippen molar-refractivity contribution in [2.45, 2.75) is 37.9 Å². The number of nitrogens with zero attached hydrogens (tertiary/aromatic N) is 1. The fourth-order valence-electron chi connectivity index (χ4n) is 2.53. The summed E-state index contributed by atoms with van der Waals surface area (Å²) in [6, 6.07) is 3.92. The predicted molar refractivity (Wildman–Crippen MR) is 80.1 cm³/mol. The first-order chi connectivity index (χ1) is 11.3. The Kier molecular flexibility index (Phi) is 5.82. The summed E-state index contributed by atoms with van der Waals surface area (Å²) in [5.41, 5.74) is 0.0954. The van der Waals surface area contributed by atoms with Crippen LogP contribution in [0.2, 0.25) is 0 Å². The molecule has 1 heterocycles. The molecule has 2 rings (SSSR count). The largest absolute Gasteiger partial charge is 0.416 e. The maximum atomic E-state index is 12.5. The molecule has 132 valence electrons. The number of aryl methyl sites for hydroxylation is 1. The quantitative estimate of drug-likeness (QED) is 0.778. The van der Waals surface area contributed by atoms with Gasteiger partial charge in [0.1, 0.15) is 0 Å². The van der Waals surface area contributed by atoms with E-state index in [0.29, 0.717) is 19.3 Å². The second-order valence-electron chi connectivity index (χ2n) is 5.73. The lowest BCUT2D eigenvalue weighted by Gasteiger charge is -2.30. The molecule has 2 N–H and O–H groups in total. The third-order valence-corrected chi connectivity index (χ3v) is 3.89. The molecular weight excluding hydrogens is 325 g/mol. The average Bonchev–Trinajstić information content (AvgIpc) is 2.52. The molecule has 1 aromatic carbocycles. The van der Waals surface area contributed by atoms with Crippen LogP contribution in [0, 0.1) is 0 Å². The van der Waals surface area contributed by atoms with Gasteiger partial charge in [-0.05, 0) is 37.0 Å². The predicted octanol–water partition coefficient (Wildman–Crippen LogP) is 2.33. The number of alkyl halides is 3. The molecule has 1 atom stereocenters. The van der Waals surface area contributed by atoms with Crippen LogP contribution in [0.5, 0.6) is 0 Å². The first-order valence-corrected chi connectivity index (χ1v) is 7.69. The van der Waals surface area contributed by atoms with Crippen molar-refractivity contribution in [1.29, 1.82) is 0 Å². The number of carbonyl (C=O) groups excluding carboxylic acids is 2. The van der Waals surface area contributed by atoms with E-state index in [0.717, 1.165) is 22.6 Å². The van der Waals surface area contributed by atoms with Crippen LogP contribution in [0.4, 0.5) is 18.0 Å². The zero-order chi connectivity index (χ0) is 17.7. The summed E-state index contributed by atoms with van der Waals surface area (Å²) < 4.78 is 37.4. The van der Waals surface area contributed by atoms with Gasteiger partial charge in [-0.25, -0.2) is 4.79 Å². The molecule has 1 aliphatic rings. The van der Waals surface area contributed by atoms with Gasteiger partial charge in [0.2, 0.25) is 5.91 Å². The number of nitrogens with one attached hydrogen (secondary N) is 1. The van der Waals surface area contributed by atoms with E-state index in [-0.39, 0.29) is 25.5 Å². The van der Waals surface area contributed by atoms with E-state index in [1.165, 1.54) is 12.1 Å². The lowest BCUT2D eigenvalue weighted by molar-refractivity contribution is -0.137. The van der Waals surface area contributed by atoms with Crippen LogP contribution in [0.1, 0.15) is 30.4 Å². The molecule has 0 spiro atoms. The molecule has 1 unspecified atom stereocenters. The van der Waals surface area contributed by atoms with Gasteiger partial charge in [0.15, 0.2) is 0 Å². The summed E-state index contributed by atoms with van der Waals surface area (Å²) >= 11 is 0. The Morgan fingerprint density at radius 2 is 1.83 bits per heavy atom. The molecule has 0 bridgehead atoms. The van der Waals surface area contributed by atoms with Gasteiger partial charge in [-0.15, -0.1) is 0 Å². The van der Waals surface area contributed by atoms with Gasteiger partial charge in [0.25, 0.3) is 0 Å². The highest BCUT2D eigenvalue weighted by Crippen LogP contribution is 2.29. The highest BCUT2D eigenvalue weighted by Gasteiger charge is 2.31. The molecule has 0 aliphatic carbocycles. The topological polar surface area (TPSA) is 69.6 Å². The van der Waals surface area contributed by atoms with Crippen LogP contribution in [-0.4, -0.2) is 41.1 Å². The molecule has 0 radical (unpaired) electrons. The smallest absolute Gasteiger partial charge is 0.394 e. The Hall–Kier alpha value is -2.09. The Bertz CT molecular complexity index is 569. The van der Waals surface area contributed by atoms with Gasteiger partial charge in [-0.2, -0.15) is 13.2 Å². The van der Waals surface area contributed by atoms with E-state index in [1.807, 2.05) is 0 Å². The number of carbonyl (C=O) groups is 2. The number of aliphatic hydroxyl groups excluding tert-OH is 1. The number of urea groups is 1. The number of aliphatic hydroxyl groups is 1. The summed E-state index contributed by atoms with van der Waals surface area (Å²) in [5.74, 6) is -0.327. The van der Waals surface area contributed by atoms with Crippen LogP contribution >= 0.6 is 0 Å². The average molecular weight is 344 g/mol. The second kappa shape index (κ2) is 7.65. The van der Waals surface area contributed by atoms with E-state index in [1.54, 1.807) is 0 Å². The molecule has 3 amide bonds. The summed E-state index contributed by atoms with van der Waals surface area (Å²) in [4.78, 5) is 24.7. The summed E-state index contributed by atoms with van der Waals surface area (Å²) in [5, 5.41) is 11.5. The monoisotopic (exact) mass is 344 g/mol. The number of amides is 3. The third-order valence-electron chi connectivity index (χ3n) is 3.89. The Balaban J connectivity index is 1.77. The highest BCUT2D eigenvalue weighted by atomic mass is 19.4. The third kappa shape index (κ3) is 4.70. The normalized spacial score (nSPS) is 18.7. The van der Waals surface area contributed by atoms with Crippen molar-refractivity contribution in [3.05, 3.63) is 35.4 Å². The molecule has 1 saturated heterocycles. The second-order valence-corrected chi connectivity index (χ2v) is 5.73. The summed E-state index contributed by atoms with van der Waals surface area (Å²) in [6.07, 6.45) is -2.50. The lowest BCUT2D eigenvalue weighted by atomic mass is 10.1. The molecule has 1 fully saturated rings. The van der Waals surface area contributed by atoms with Crippen LogP contribution in [-0.2, 0) is 17.4 Å². The minimum Gasteiger partial charge on any atom is -0.394 e. The Labute approximate surface area is 137 Å². The Morgan fingerprint density at radius 3 is 2.38 bits per heavy atom. The SMILES string of the molecule is O=C1CC(CO)NC(=O)N1CCCCc1ccc(C(F)(F)F)cc1. The van der Waals surface area contributed by atoms with Crippen molar-refractivity contribution in [2.75, 3.05) is 13.2 Å². The zero-order valence-electron chi connectivity index (χ0n) is 13.0. The van der Waals surface area contributed by atoms with Crippen LogP contribution < -0.4 is 5.32 Å². The van der Waals surface area contributed by atoms with Gasteiger partial charge in [0.05, 0.1) is 18.2 Å². The summed E-state index contributed by atoms with van der Waals surface area (Å²) in [6.45, 7) is -0.0251. The first-order valence-electron chi connectivity index (χ1n) is 7.69. The van der Waals surface area contributed by atoms with Crippen molar-refractivity contribution < 1.29 is 27.9 Å². The maximum Gasteiger partial charge on any atom is 0.416 e. The van der Waals surface area contributed by atoms with Crippen LogP contribution in [0.25, 0.3) is 0 Å². The van der Waals surface area contributed by atoms with Gasteiger partial charge in [-0.3, -0.25) is 9.69 Å². The van der Waals surface area contributed by atoms with Gasteiger partial charge in [-0.1, -0.05) is 12.1 Å². The van der Waals surface area contributed by atoms with E-state index < -0.39 is 23.8 Å². The minimum atomic E-state index is -4.34. The van der Waals surface area contributed by atoms with E-state index in [2.05, 4.69) is 5.32 Å². The molecule has 0 aromatic heterocycles.